The fraction of sp³-hybridized carbons (Fsp3) is 0.0435. The zero-order chi connectivity index (χ0) is 22.9. The number of carbonyl (C=O) groups is 1. The second-order valence-electron chi connectivity index (χ2n) is 6.98. The van der Waals surface area contributed by atoms with Gasteiger partial charge in [-0.15, -0.1) is 0 Å². The van der Waals surface area contributed by atoms with Crippen molar-refractivity contribution in [2.75, 3.05) is 0 Å². The van der Waals surface area contributed by atoms with E-state index < -0.39 is 31.9 Å². The smallest absolute Gasteiger partial charge is 0.271 e. The Morgan fingerprint density at radius 2 is 1.69 bits per heavy atom. The van der Waals surface area contributed by atoms with Gasteiger partial charge in [0.1, 0.15) is 5.75 Å². The Morgan fingerprint density at radius 3 is 2.41 bits per heavy atom. The lowest BCUT2D eigenvalue weighted by Crippen LogP contribution is -2.23. The standard InChI is InChI=1S/C23H17ClN2O5S/c24-18-9-5-4-6-15(18)13-25-22(28)14-10-11-17-19(12-14)26-23(29)21(20(17)27)32(30,31)16-7-2-1-3-8-16/h1-12H,13H2,(H,25,28)(H2,26,27,29). The van der Waals surface area contributed by atoms with E-state index in [0.717, 1.165) is 5.56 Å². The van der Waals surface area contributed by atoms with Gasteiger partial charge in [-0.05, 0) is 42.0 Å². The fourth-order valence-electron chi connectivity index (χ4n) is 3.29. The van der Waals surface area contributed by atoms with Gasteiger partial charge in [-0.1, -0.05) is 48.0 Å². The predicted octanol–water partition coefficient (Wildman–Crippen LogP) is 3.65. The van der Waals surface area contributed by atoms with Gasteiger partial charge >= 0.3 is 0 Å². The van der Waals surface area contributed by atoms with Crippen LogP contribution >= 0.6 is 11.6 Å². The second-order valence-corrected chi connectivity index (χ2v) is 9.28. The molecule has 0 aliphatic rings. The summed E-state index contributed by atoms with van der Waals surface area (Å²) in [5.41, 5.74) is 0.112. The Bertz CT molecular complexity index is 1500. The third-order valence-corrected chi connectivity index (χ3v) is 7.10. The maximum absolute atomic E-state index is 12.9. The SMILES string of the molecule is O=C(NCc1ccccc1Cl)c1ccc2c(O)c(S(=O)(=O)c3ccccc3)c(=O)[nH]c2c1. The van der Waals surface area contributed by atoms with E-state index in [9.17, 15) is 23.1 Å². The fourth-order valence-corrected chi connectivity index (χ4v) is 4.90. The molecule has 4 aromatic rings. The lowest BCUT2D eigenvalue weighted by Gasteiger charge is -2.10. The molecule has 9 heteroatoms. The molecule has 162 valence electrons. The minimum atomic E-state index is -4.25. The van der Waals surface area contributed by atoms with Crippen molar-refractivity contribution in [3.63, 3.8) is 0 Å². The van der Waals surface area contributed by atoms with Gasteiger partial charge in [-0.2, -0.15) is 0 Å². The Kier molecular flexibility index (Phi) is 5.73. The van der Waals surface area contributed by atoms with E-state index in [1.54, 1.807) is 30.3 Å². The summed E-state index contributed by atoms with van der Waals surface area (Å²) in [7, 11) is -4.25. The van der Waals surface area contributed by atoms with Gasteiger partial charge in [0.15, 0.2) is 4.90 Å². The van der Waals surface area contributed by atoms with Crippen molar-refractivity contribution in [2.24, 2.45) is 0 Å². The number of aromatic hydroxyl groups is 1. The molecular weight excluding hydrogens is 452 g/mol. The number of halogens is 1. The first-order valence-electron chi connectivity index (χ1n) is 9.50. The summed E-state index contributed by atoms with van der Waals surface area (Å²) in [4.78, 5) is 26.7. The Labute approximate surface area is 188 Å². The summed E-state index contributed by atoms with van der Waals surface area (Å²) in [6.07, 6.45) is 0. The molecule has 0 aliphatic heterocycles. The minimum Gasteiger partial charge on any atom is -0.506 e. The molecule has 1 amide bonds. The number of sulfone groups is 1. The van der Waals surface area contributed by atoms with Crippen LogP contribution in [0.4, 0.5) is 0 Å². The molecule has 4 rings (SSSR count). The van der Waals surface area contributed by atoms with Crippen LogP contribution in [0.5, 0.6) is 5.75 Å². The summed E-state index contributed by atoms with van der Waals surface area (Å²) >= 11 is 6.09. The maximum Gasteiger partial charge on any atom is 0.271 e. The Morgan fingerprint density at radius 1 is 1.00 bits per heavy atom. The van der Waals surface area contributed by atoms with Crippen molar-refractivity contribution >= 4 is 38.2 Å². The van der Waals surface area contributed by atoms with Gasteiger partial charge in [-0.25, -0.2) is 8.42 Å². The van der Waals surface area contributed by atoms with Crippen LogP contribution in [0.3, 0.4) is 0 Å². The summed E-state index contributed by atoms with van der Waals surface area (Å²) in [5, 5.41) is 14.0. The van der Waals surface area contributed by atoms with E-state index in [0.29, 0.717) is 5.02 Å². The number of aromatic amines is 1. The number of rotatable bonds is 5. The molecule has 0 fully saturated rings. The molecule has 32 heavy (non-hydrogen) atoms. The van der Waals surface area contributed by atoms with Gasteiger partial charge in [0.05, 0.1) is 10.4 Å². The highest BCUT2D eigenvalue weighted by Crippen LogP contribution is 2.31. The Hall–Kier alpha value is -3.62. The van der Waals surface area contributed by atoms with E-state index in [-0.39, 0.29) is 27.9 Å². The lowest BCUT2D eigenvalue weighted by molar-refractivity contribution is 0.0951. The average Bonchev–Trinajstić information content (AvgIpc) is 2.78. The topological polar surface area (TPSA) is 116 Å². The average molecular weight is 469 g/mol. The van der Waals surface area contributed by atoms with Crippen molar-refractivity contribution in [1.82, 2.24) is 10.3 Å². The molecule has 3 N–H and O–H groups in total. The summed E-state index contributed by atoms with van der Waals surface area (Å²) in [6.45, 7) is 0.201. The Balaban J connectivity index is 1.69. The van der Waals surface area contributed by atoms with Crippen LogP contribution < -0.4 is 10.9 Å². The van der Waals surface area contributed by atoms with Crippen molar-refractivity contribution in [3.8, 4) is 5.75 Å². The zero-order valence-corrected chi connectivity index (χ0v) is 18.1. The highest BCUT2D eigenvalue weighted by atomic mass is 35.5. The van der Waals surface area contributed by atoms with Crippen LogP contribution in [0.25, 0.3) is 10.9 Å². The molecular formula is C23H17ClN2O5S. The number of nitrogens with one attached hydrogen (secondary N) is 2. The molecule has 0 radical (unpaired) electrons. The number of H-pyrrole nitrogens is 1. The number of hydrogen-bond donors (Lipinski definition) is 3. The molecule has 3 aromatic carbocycles. The highest BCUT2D eigenvalue weighted by molar-refractivity contribution is 7.91. The predicted molar refractivity (Wildman–Crippen MR) is 121 cm³/mol. The monoisotopic (exact) mass is 468 g/mol. The van der Waals surface area contributed by atoms with Gasteiger partial charge < -0.3 is 15.4 Å². The van der Waals surface area contributed by atoms with Crippen LogP contribution in [0.15, 0.2) is 87.4 Å². The molecule has 0 atom stereocenters. The van der Waals surface area contributed by atoms with Crippen LogP contribution in [-0.2, 0) is 16.4 Å². The molecule has 0 saturated carbocycles. The van der Waals surface area contributed by atoms with Crippen LogP contribution in [0, 0.1) is 0 Å². The lowest BCUT2D eigenvalue weighted by atomic mass is 10.1. The summed E-state index contributed by atoms with van der Waals surface area (Å²) < 4.78 is 25.8. The van der Waals surface area contributed by atoms with E-state index in [1.807, 2.05) is 0 Å². The molecule has 0 unspecified atom stereocenters. The number of carbonyl (C=O) groups excluding carboxylic acids is 1. The van der Waals surface area contributed by atoms with Crippen LogP contribution in [0.2, 0.25) is 5.02 Å². The second kappa shape index (κ2) is 8.49. The van der Waals surface area contributed by atoms with E-state index in [1.165, 1.54) is 42.5 Å². The third kappa shape index (κ3) is 3.98. The third-order valence-electron chi connectivity index (χ3n) is 4.93. The molecule has 1 heterocycles. The van der Waals surface area contributed by atoms with Gasteiger partial charge in [0.2, 0.25) is 9.84 Å². The summed E-state index contributed by atoms with van der Waals surface area (Å²) in [6, 6.07) is 18.6. The van der Waals surface area contributed by atoms with Crippen molar-refractivity contribution < 1.29 is 18.3 Å². The summed E-state index contributed by atoms with van der Waals surface area (Å²) in [5.74, 6) is -1.09. The number of benzene rings is 3. The highest BCUT2D eigenvalue weighted by Gasteiger charge is 2.27. The van der Waals surface area contributed by atoms with Crippen LogP contribution in [0.1, 0.15) is 15.9 Å². The molecule has 0 aliphatic carbocycles. The number of pyridine rings is 1. The maximum atomic E-state index is 12.9. The molecule has 0 bridgehead atoms. The first-order chi connectivity index (χ1) is 15.3. The van der Waals surface area contributed by atoms with Crippen molar-refractivity contribution in [1.29, 1.82) is 0 Å². The van der Waals surface area contributed by atoms with E-state index in [4.69, 9.17) is 11.6 Å². The van der Waals surface area contributed by atoms with Gasteiger partial charge in [0.25, 0.3) is 11.5 Å². The quantitative estimate of drug-likeness (QED) is 0.413. The largest absolute Gasteiger partial charge is 0.506 e. The minimum absolute atomic E-state index is 0.0989. The van der Waals surface area contributed by atoms with Crippen molar-refractivity contribution in [2.45, 2.75) is 16.3 Å². The molecule has 0 spiro atoms. The van der Waals surface area contributed by atoms with Gasteiger partial charge in [-0.3, -0.25) is 9.59 Å². The molecule has 0 saturated heterocycles. The molecule has 1 aromatic heterocycles. The number of hydrogen-bond acceptors (Lipinski definition) is 5. The zero-order valence-electron chi connectivity index (χ0n) is 16.5. The van der Waals surface area contributed by atoms with Crippen molar-refractivity contribution in [3.05, 3.63) is 99.3 Å². The van der Waals surface area contributed by atoms with Gasteiger partial charge in [0, 0.05) is 22.5 Å². The van der Waals surface area contributed by atoms with Crippen LogP contribution in [-0.4, -0.2) is 24.4 Å². The number of aromatic nitrogens is 1. The first kappa shape index (κ1) is 21.6. The van der Waals surface area contributed by atoms with E-state index in [2.05, 4.69) is 10.3 Å². The normalized spacial score (nSPS) is 11.4. The first-order valence-corrected chi connectivity index (χ1v) is 11.4. The number of fused-ring (bicyclic) bond motifs is 1. The van der Waals surface area contributed by atoms with E-state index >= 15 is 0 Å². The number of amides is 1. The molecule has 7 nitrogen and oxygen atoms in total.